The fourth-order valence-corrected chi connectivity index (χ4v) is 1.85. The number of benzene rings is 1. The number of aromatic hydroxyl groups is 1. The SMILES string of the molecule is COC(=O)c1ccc(Cn2c(C)nc(O)cc2=O)cc1. The third kappa shape index (κ3) is 2.85. The Hall–Kier alpha value is -2.63. The molecular weight excluding hydrogens is 260 g/mol. The van der Waals surface area contributed by atoms with E-state index in [0.717, 1.165) is 11.6 Å². The highest BCUT2D eigenvalue weighted by atomic mass is 16.5. The minimum absolute atomic E-state index is 0.287. The number of hydrogen-bond donors (Lipinski definition) is 1. The molecule has 2 aromatic rings. The van der Waals surface area contributed by atoms with Gasteiger partial charge in [0.25, 0.3) is 5.56 Å². The first-order chi connectivity index (χ1) is 9.51. The molecule has 6 nitrogen and oxygen atoms in total. The van der Waals surface area contributed by atoms with Gasteiger partial charge in [0.15, 0.2) is 0 Å². The molecule has 0 amide bonds. The van der Waals surface area contributed by atoms with Crippen LogP contribution in [0.2, 0.25) is 0 Å². The zero-order valence-corrected chi connectivity index (χ0v) is 11.2. The number of aromatic nitrogens is 2. The second-order valence-electron chi connectivity index (χ2n) is 4.27. The lowest BCUT2D eigenvalue weighted by atomic mass is 10.1. The maximum Gasteiger partial charge on any atom is 0.337 e. The smallest absolute Gasteiger partial charge is 0.337 e. The number of carbonyl (C=O) groups is 1. The zero-order valence-electron chi connectivity index (χ0n) is 11.2. The lowest BCUT2D eigenvalue weighted by molar-refractivity contribution is 0.0600. The lowest BCUT2D eigenvalue weighted by Crippen LogP contribution is -2.23. The Morgan fingerprint density at radius 2 is 2.00 bits per heavy atom. The van der Waals surface area contributed by atoms with Crippen LogP contribution in [-0.2, 0) is 11.3 Å². The number of hydrogen-bond acceptors (Lipinski definition) is 5. The summed E-state index contributed by atoms with van der Waals surface area (Å²) in [6.45, 7) is 1.96. The van der Waals surface area contributed by atoms with Crippen molar-refractivity contribution in [2.24, 2.45) is 0 Å². The average Bonchev–Trinajstić information content (AvgIpc) is 2.42. The largest absolute Gasteiger partial charge is 0.493 e. The van der Waals surface area contributed by atoms with Crippen molar-refractivity contribution < 1.29 is 14.6 Å². The number of aryl methyl sites for hydroxylation is 1. The summed E-state index contributed by atoms with van der Waals surface area (Å²) in [5, 5.41) is 9.23. The van der Waals surface area contributed by atoms with Crippen LogP contribution in [0.5, 0.6) is 5.88 Å². The molecule has 0 aliphatic rings. The Kier molecular flexibility index (Phi) is 3.84. The molecule has 0 aliphatic carbocycles. The molecule has 1 aromatic heterocycles. The van der Waals surface area contributed by atoms with Crippen LogP contribution in [0.1, 0.15) is 21.7 Å². The molecule has 0 saturated carbocycles. The molecule has 6 heteroatoms. The molecule has 20 heavy (non-hydrogen) atoms. The molecule has 0 unspecified atom stereocenters. The molecule has 0 spiro atoms. The van der Waals surface area contributed by atoms with Gasteiger partial charge in [-0.2, -0.15) is 0 Å². The van der Waals surface area contributed by atoms with Crippen LogP contribution in [-0.4, -0.2) is 27.7 Å². The minimum atomic E-state index is -0.406. The van der Waals surface area contributed by atoms with E-state index in [1.165, 1.54) is 11.7 Å². The Morgan fingerprint density at radius 3 is 2.55 bits per heavy atom. The standard InChI is InChI=1S/C14H14N2O4/c1-9-15-12(17)7-13(18)16(9)8-10-3-5-11(6-4-10)14(19)20-2/h3-7,17H,8H2,1-2H3. The van der Waals surface area contributed by atoms with Gasteiger partial charge in [-0.15, -0.1) is 0 Å². The molecule has 0 fully saturated rings. The summed E-state index contributed by atoms with van der Waals surface area (Å²) in [5.74, 6) is -0.270. The van der Waals surface area contributed by atoms with Gasteiger partial charge in [-0.3, -0.25) is 9.36 Å². The highest BCUT2D eigenvalue weighted by Gasteiger charge is 2.07. The second kappa shape index (κ2) is 5.56. The summed E-state index contributed by atoms with van der Waals surface area (Å²) >= 11 is 0. The van der Waals surface area contributed by atoms with E-state index in [2.05, 4.69) is 9.72 Å². The van der Waals surface area contributed by atoms with E-state index in [0.29, 0.717) is 17.9 Å². The predicted molar refractivity (Wildman–Crippen MR) is 71.8 cm³/mol. The normalized spacial score (nSPS) is 10.3. The minimum Gasteiger partial charge on any atom is -0.493 e. The summed E-state index contributed by atoms with van der Waals surface area (Å²) in [6, 6.07) is 7.82. The Morgan fingerprint density at radius 1 is 1.35 bits per heavy atom. The molecule has 0 radical (unpaired) electrons. The molecule has 0 saturated heterocycles. The number of ether oxygens (including phenoxy) is 1. The Balaban J connectivity index is 2.27. The van der Waals surface area contributed by atoms with E-state index >= 15 is 0 Å². The maximum atomic E-state index is 11.8. The molecule has 1 aromatic carbocycles. The maximum absolute atomic E-state index is 11.8. The summed E-state index contributed by atoms with van der Waals surface area (Å²) in [5.41, 5.74) is 0.964. The van der Waals surface area contributed by atoms with Crippen molar-refractivity contribution >= 4 is 5.97 Å². The van der Waals surface area contributed by atoms with E-state index in [1.54, 1.807) is 31.2 Å². The van der Waals surface area contributed by atoms with Gasteiger partial charge in [0, 0.05) is 0 Å². The monoisotopic (exact) mass is 274 g/mol. The van der Waals surface area contributed by atoms with E-state index in [-0.39, 0.29) is 11.4 Å². The number of methoxy groups -OCH3 is 1. The van der Waals surface area contributed by atoms with Gasteiger partial charge >= 0.3 is 5.97 Å². The van der Waals surface area contributed by atoms with Crippen molar-refractivity contribution in [3.63, 3.8) is 0 Å². The van der Waals surface area contributed by atoms with Gasteiger partial charge < -0.3 is 9.84 Å². The number of carbonyl (C=O) groups excluding carboxylic acids is 1. The summed E-state index contributed by atoms with van der Waals surface area (Å²) in [6.07, 6.45) is 0. The molecule has 0 bridgehead atoms. The first-order valence-corrected chi connectivity index (χ1v) is 5.96. The van der Waals surface area contributed by atoms with Crippen molar-refractivity contribution in [3.8, 4) is 5.88 Å². The van der Waals surface area contributed by atoms with Gasteiger partial charge in [0.2, 0.25) is 5.88 Å². The lowest BCUT2D eigenvalue weighted by Gasteiger charge is -2.09. The van der Waals surface area contributed by atoms with Crippen LogP contribution in [0, 0.1) is 6.92 Å². The van der Waals surface area contributed by atoms with Crippen LogP contribution >= 0.6 is 0 Å². The molecule has 2 rings (SSSR count). The van der Waals surface area contributed by atoms with E-state index in [1.807, 2.05) is 0 Å². The molecular formula is C14H14N2O4. The third-order valence-electron chi connectivity index (χ3n) is 2.90. The fourth-order valence-electron chi connectivity index (χ4n) is 1.85. The van der Waals surface area contributed by atoms with E-state index in [9.17, 15) is 14.7 Å². The number of rotatable bonds is 3. The first kappa shape index (κ1) is 13.8. The van der Waals surface area contributed by atoms with Gasteiger partial charge in [-0.05, 0) is 24.6 Å². The van der Waals surface area contributed by atoms with Crippen molar-refractivity contribution in [3.05, 3.63) is 57.6 Å². The van der Waals surface area contributed by atoms with Crippen LogP contribution in [0.3, 0.4) is 0 Å². The highest BCUT2D eigenvalue weighted by Crippen LogP contribution is 2.08. The molecule has 1 N–H and O–H groups in total. The van der Waals surface area contributed by atoms with Crippen molar-refractivity contribution in [1.82, 2.24) is 9.55 Å². The Bertz CT molecular complexity index is 689. The number of nitrogens with zero attached hydrogens (tertiary/aromatic N) is 2. The summed E-state index contributed by atoms with van der Waals surface area (Å²) in [7, 11) is 1.32. The fraction of sp³-hybridized carbons (Fsp3) is 0.214. The molecule has 0 atom stereocenters. The second-order valence-corrected chi connectivity index (χ2v) is 4.27. The van der Waals surface area contributed by atoms with Gasteiger partial charge in [-0.1, -0.05) is 12.1 Å². The molecule has 0 aliphatic heterocycles. The van der Waals surface area contributed by atoms with E-state index < -0.39 is 5.97 Å². The van der Waals surface area contributed by atoms with Crippen LogP contribution in [0.25, 0.3) is 0 Å². The van der Waals surface area contributed by atoms with Gasteiger partial charge in [0.1, 0.15) is 5.82 Å². The Labute approximate surface area is 115 Å². The van der Waals surface area contributed by atoms with Crippen LogP contribution < -0.4 is 5.56 Å². The quantitative estimate of drug-likeness (QED) is 0.847. The summed E-state index contributed by atoms with van der Waals surface area (Å²) in [4.78, 5) is 26.9. The highest BCUT2D eigenvalue weighted by molar-refractivity contribution is 5.89. The first-order valence-electron chi connectivity index (χ1n) is 5.96. The van der Waals surface area contributed by atoms with Gasteiger partial charge in [-0.25, -0.2) is 9.78 Å². The molecule has 1 heterocycles. The topological polar surface area (TPSA) is 81.4 Å². The zero-order chi connectivity index (χ0) is 14.7. The average molecular weight is 274 g/mol. The third-order valence-corrected chi connectivity index (χ3v) is 2.90. The van der Waals surface area contributed by atoms with Crippen molar-refractivity contribution in [2.45, 2.75) is 13.5 Å². The van der Waals surface area contributed by atoms with Crippen LogP contribution in [0.15, 0.2) is 35.1 Å². The predicted octanol–water partition coefficient (Wildman–Crippen LogP) is 1.09. The van der Waals surface area contributed by atoms with Crippen molar-refractivity contribution in [2.75, 3.05) is 7.11 Å². The van der Waals surface area contributed by atoms with Crippen LogP contribution in [0.4, 0.5) is 0 Å². The van der Waals surface area contributed by atoms with E-state index in [4.69, 9.17) is 0 Å². The number of esters is 1. The van der Waals surface area contributed by atoms with Crippen molar-refractivity contribution in [1.29, 1.82) is 0 Å². The van der Waals surface area contributed by atoms with Gasteiger partial charge in [0.05, 0.1) is 25.3 Å². The summed E-state index contributed by atoms with van der Waals surface area (Å²) < 4.78 is 6.05. The molecule has 104 valence electrons.